The summed E-state index contributed by atoms with van der Waals surface area (Å²) in [6, 6.07) is 56.2. The lowest BCUT2D eigenvalue weighted by molar-refractivity contribution is 0.445. The minimum Gasteiger partial charge on any atom is -0.507 e. The van der Waals surface area contributed by atoms with E-state index in [1.165, 1.54) is 0 Å². The summed E-state index contributed by atoms with van der Waals surface area (Å²) in [6.07, 6.45) is 6.88. The van der Waals surface area contributed by atoms with Crippen LogP contribution >= 0.6 is 0 Å². The smallest absolute Gasteiger partial charge is 0.128 e. The van der Waals surface area contributed by atoms with E-state index in [4.69, 9.17) is 20.0 Å². The molecule has 0 amide bonds. The molecule has 8 aromatic rings. The molecule has 0 heterocycles. The van der Waals surface area contributed by atoms with E-state index in [1.807, 2.05) is 121 Å². The molecule has 0 spiro atoms. The SMILES string of the molecule is CC(C)(C)c1cccc(C=Nc2ccc(C(c3ccc(N=Cc4cccc(C(C)(C)C)c4O)cc3)C(c3ccc(N=Cc4cccc(C(C)(C)C)c4O)cc3)c3ccc(N=Cc4cccc(C(C)(C)C)c4O)cc3)cc2)c1O. The first-order valence-electron chi connectivity index (χ1n) is 26.7. The van der Waals surface area contributed by atoms with E-state index in [0.29, 0.717) is 22.3 Å². The van der Waals surface area contributed by atoms with E-state index in [1.54, 1.807) is 24.9 Å². The summed E-state index contributed by atoms with van der Waals surface area (Å²) in [4.78, 5) is 19.4. The van der Waals surface area contributed by atoms with Crippen molar-refractivity contribution < 1.29 is 20.4 Å². The van der Waals surface area contributed by atoms with Gasteiger partial charge in [0.25, 0.3) is 0 Å². The lowest BCUT2D eigenvalue weighted by atomic mass is 9.73. The van der Waals surface area contributed by atoms with Crippen LogP contribution in [0.25, 0.3) is 0 Å². The van der Waals surface area contributed by atoms with E-state index in [9.17, 15) is 20.4 Å². The van der Waals surface area contributed by atoms with Crippen LogP contribution in [0, 0.1) is 0 Å². The highest BCUT2D eigenvalue weighted by atomic mass is 16.3. The van der Waals surface area contributed by atoms with E-state index in [0.717, 1.165) is 67.3 Å². The fourth-order valence-electron chi connectivity index (χ4n) is 9.88. The number of phenols is 4. The summed E-state index contributed by atoms with van der Waals surface area (Å²) in [5.41, 5.74) is 12.2. The lowest BCUT2D eigenvalue weighted by Gasteiger charge is -2.30. The van der Waals surface area contributed by atoms with Gasteiger partial charge in [0.1, 0.15) is 23.0 Å². The Labute approximate surface area is 462 Å². The van der Waals surface area contributed by atoms with E-state index in [2.05, 4.69) is 132 Å². The third kappa shape index (κ3) is 13.1. The van der Waals surface area contributed by atoms with Gasteiger partial charge in [-0.2, -0.15) is 0 Å². The van der Waals surface area contributed by atoms with Crippen LogP contribution in [0.2, 0.25) is 0 Å². The number of phenolic OH excluding ortho intramolecular Hbond substituents is 4. The molecule has 0 saturated carbocycles. The zero-order valence-electron chi connectivity index (χ0n) is 47.2. The quantitative estimate of drug-likeness (QED) is 0.0857. The van der Waals surface area contributed by atoms with Gasteiger partial charge in [0.05, 0.1) is 22.7 Å². The number of aromatic hydroxyl groups is 4. The van der Waals surface area contributed by atoms with Gasteiger partial charge in [0.15, 0.2) is 0 Å². The summed E-state index contributed by atoms with van der Waals surface area (Å²) < 4.78 is 0. The normalized spacial score (nSPS) is 13.5. The monoisotopic (exact) mass is 1030 g/mol. The van der Waals surface area contributed by atoms with Crippen molar-refractivity contribution >= 4 is 47.6 Å². The van der Waals surface area contributed by atoms with Gasteiger partial charge in [-0.25, -0.2) is 0 Å². The number of benzene rings is 8. The van der Waals surface area contributed by atoms with Crippen molar-refractivity contribution in [1.29, 1.82) is 0 Å². The highest BCUT2D eigenvalue weighted by Gasteiger charge is 2.29. The third-order valence-electron chi connectivity index (χ3n) is 14.3. The van der Waals surface area contributed by atoms with Gasteiger partial charge in [-0.05, 0) is 139 Å². The minimum atomic E-state index is -0.237. The standard InChI is InChI=1S/C70H74N4O4/c1-67(2,3)57-21-13-17-49(63(57)75)41-71-53-33-25-45(26-34-53)61(46-27-35-54(36-28-46)72-42-50-18-14-22-58(64(50)76)68(4,5)6)62(47-29-37-55(38-30-47)73-43-51-19-15-23-59(65(51)77)69(7,8)9)48-31-39-56(40-32-48)74-44-52-20-16-24-60(66(52)78)70(10,11)12/h13-44,61-62,75-78H,1-12H3. The number of nitrogens with zero attached hydrogens (tertiary/aromatic N) is 4. The van der Waals surface area contributed by atoms with Crippen molar-refractivity contribution in [3.05, 3.63) is 237 Å². The molecule has 8 aromatic carbocycles. The maximum Gasteiger partial charge on any atom is 0.128 e. The topological polar surface area (TPSA) is 130 Å². The van der Waals surface area contributed by atoms with Gasteiger partial charge < -0.3 is 20.4 Å². The van der Waals surface area contributed by atoms with Gasteiger partial charge in [-0.1, -0.05) is 180 Å². The van der Waals surface area contributed by atoms with E-state index < -0.39 is 0 Å². The Morgan fingerprint density at radius 3 is 0.615 bits per heavy atom. The van der Waals surface area contributed by atoms with Crippen molar-refractivity contribution in [2.75, 3.05) is 0 Å². The van der Waals surface area contributed by atoms with Crippen molar-refractivity contribution in [3.8, 4) is 23.0 Å². The average Bonchev–Trinajstić information content (AvgIpc) is 3.43. The van der Waals surface area contributed by atoms with Gasteiger partial charge in [-0.15, -0.1) is 0 Å². The van der Waals surface area contributed by atoms with Crippen LogP contribution in [0.3, 0.4) is 0 Å². The second kappa shape index (κ2) is 22.7. The molecule has 8 nitrogen and oxygen atoms in total. The molecule has 0 unspecified atom stereocenters. The van der Waals surface area contributed by atoms with Crippen LogP contribution in [0.1, 0.15) is 162 Å². The fourth-order valence-corrected chi connectivity index (χ4v) is 9.88. The number of para-hydroxylation sites is 4. The Bertz CT molecular complexity index is 3040. The molecule has 398 valence electrons. The Morgan fingerprint density at radius 2 is 0.449 bits per heavy atom. The molecule has 4 N–H and O–H groups in total. The molecular weight excluding hydrogens is 961 g/mol. The molecule has 0 aromatic heterocycles. The molecule has 78 heavy (non-hydrogen) atoms. The molecule has 0 atom stereocenters. The third-order valence-corrected chi connectivity index (χ3v) is 14.3. The molecule has 8 rings (SSSR count). The Hall–Kier alpha value is -8.36. The van der Waals surface area contributed by atoms with Crippen LogP contribution in [0.5, 0.6) is 23.0 Å². The van der Waals surface area contributed by atoms with Crippen molar-refractivity contribution in [3.63, 3.8) is 0 Å². The summed E-state index contributed by atoms with van der Waals surface area (Å²) >= 11 is 0. The molecule has 0 radical (unpaired) electrons. The summed E-state index contributed by atoms with van der Waals surface area (Å²) in [5.74, 6) is 0.435. The van der Waals surface area contributed by atoms with Gasteiger partial charge in [0.2, 0.25) is 0 Å². The molecular formula is C70H74N4O4. The number of aliphatic imine (C=N–C) groups is 4. The average molecular weight is 1040 g/mol. The van der Waals surface area contributed by atoms with E-state index >= 15 is 0 Å². The first kappa shape index (κ1) is 55.9. The summed E-state index contributed by atoms with van der Waals surface area (Å²) in [5, 5.41) is 44.9. The van der Waals surface area contributed by atoms with Crippen LogP contribution < -0.4 is 0 Å². The maximum atomic E-state index is 11.2. The molecule has 0 aliphatic carbocycles. The summed E-state index contributed by atoms with van der Waals surface area (Å²) in [7, 11) is 0. The molecule has 0 aliphatic rings. The number of hydrogen-bond acceptors (Lipinski definition) is 8. The lowest BCUT2D eigenvalue weighted by Crippen LogP contribution is -2.14. The zero-order chi connectivity index (χ0) is 56.2. The first-order chi connectivity index (χ1) is 36.9. The van der Waals surface area contributed by atoms with Crippen molar-refractivity contribution in [1.82, 2.24) is 0 Å². The van der Waals surface area contributed by atoms with Crippen LogP contribution in [0.15, 0.2) is 190 Å². The highest BCUT2D eigenvalue weighted by Crippen LogP contribution is 2.45. The Balaban J connectivity index is 1.22. The predicted molar refractivity (Wildman–Crippen MR) is 326 cm³/mol. The minimum absolute atomic E-state index is 0.227. The second-order valence-corrected chi connectivity index (χ2v) is 24.3. The van der Waals surface area contributed by atoms with Crippen molar-refractivity contribution in [2.45, 2.75) is 117 Å². The zero-order valence-corrected chi connectivity index (χ0v) is 47.2. The molecule has 0 fully saturated rings. The van der Waals surface area contributed by atoms with Crippen LogP contribution in [-0.4, -0.2) is 45.3 Å². The number of hydrogen-bond donors (Lipinski definition) is 4. The van der Waals surface area contributed by atoms with Gasteiger partial charge in [-0.3, -0.25) is 20.0 Å². The van der Waals surface area contributed by atoms with Crippen molar-refractivity contribution in [2.24, 2.45) is 20.0 Å². The molecule has 0 bridgehead atoms. The number of rotatable bonds is 13. The largest absolute Gasteiger partial charge is 0.507 e. The Morgan fingerprint density at radius 1 is 0.269 bits per heavy atom. The predicted octanol–water partition coefficient (Wildman–Crippen LogP) is 17.7. The van der Waals surface area contributed by atoms with Crippen LogP contribution in [-0.2, 0) is 21.7 Å². The maximum absolute atomic E-state index is 11.2. The molecule has 0 aliphatic heterocycles. The van der Waals surface area contributed by atoms with Gasteiger partial charge >= 0.3 is 0 Å². The molecule has 0 saturated heterocycles. The fraction of sp³-hybridized carbons (Fsp3) is 0.257. The summed E-state index contributed by atoms with van der Waals surface area (Å²) in [6.45, 7) is 25.0. The van der Waals surface area contributed by atoms with E-state index in [-0.39, 0.29) is 56.5 Å². The highest BCUT2D eigenvalue weighted by molar-refractivity contribution is 5.88. The van der Waals surface area contributed by atoms with Crippen LogP contribution in [0.4, 0.5) is 22.7 Å². The Kier molecular flexibility index (Phi) is 16.3. The van der Waals surface area contributed by atoms with Gasteiger partial charge in [0, 0.05) is 58.9 Å². The second-order valence-electron chi connectivity index (χ2n) is 24.3. The molecule has 8 heteroatoms. The first-order valence-corrected chi connectivity index (χ1v) is 26.7.